The third-order valence-corrected chi connectivity index (χ3v) is 4.03. The van der Waals surface area contributed by atoms with E-state index in [0.29, 0.717) is 12.5 Å². The molecule has 17 heavy (non-hydrogen) atoms. The van der Waals surface area contributed by atoms with Crippen molar-refractivity contribution >= 4 is 6.09 Å². The van der Waals surface area contributed by atoms with Crippen LogP contribution in [0.5, 0.6) is 0 Å². The van der Waals surface area contributed by atoms with E-state index in [1.54, 1.807) is 0 Å². The Morgan fingerprint density at radius 1 is 1.47 bits per heavy atom. The summed E-state index contributed by atoms with van der Waals surface area (Å²) in [6.45, 7) is 11.0. The second kappa shape index (κ2) is 4.16. The molecule has 4 heteroatoms. The Bertz CT molecular complexity index is 305. The lowest BCUT2D eigenvalue weighted by atomic mass is 9.78. The molecule has 4 nitrogen and oxygen atoms in total. The summed E-state index contributed by atoms with van der Waals surface area (Å²) in [4.78, 5) is 13.9. The van der Waals surface area contributed by atoms with Crippen molar-refractivity contribution in [3.63, 3.8) is 0 Å². The molecule has 2 aliphatic heterocycles. The molecule has 2 heterocycles. The smallest absolute Gasteiger partial charge is 0.410 e. The molecule has 0 bridgehead atoms. The van der Waals surface area contributed by atoms with Gasteiger partial charge >= 0.3 is 6.09 Å². The number of amides is 1. The average Bonchev–Trinajstić information content (AvgIpc) is 2.57. The van der Waals surface area contributed by atoms with E-state index in [2.05, 4.69) is 33.0 Å². The first-order valence-corrected chi connectivity index (χ1v) is 6.53. The van der Waals surface area contributed by atoms with E-state index in [1.807, 2.05) is 4.90 Å². The topological polar surface area (TPSA) is 41.6 Å². The number of carbonyl (C=O) groups excluding carboxylic acids is 1. The minimum atomic E-state index is -0.181. The van der Waals surface area contributed by atoms with Crippen LogP contribution < -0.4 is 5.32 Å². The summed E-state index contributed by atoms with van der Waals surface area (Å²) in [7, 11) is 0. The number of hydrogen-bond acceptors (Lipinski definition) is 3. The third-order valence-electron chi connectivity index (χ3n) is 4.03. The van der Waals surface area contributed by atoms with Gasteiger partial charge in [-0.3, -0.25) is 4.90 Å². The van der Waals surface area contributed by atoms with Gasteiger partial charge in [-0.1, -0.05) is 0 Å². The first kappa shape index (κ1) is 12.7. The molecule has 0 aromatic carbocycles. The SMILES string of the molecule is CC(C)(C)N1C(=O)OCC1(C)C1CCCNC1. The molecule has 1 amide bonds. The van der Waals surface area contributed by atoms with Crippen molar-refractivity contribution in [3.8, 4) is 0 Å². The fourth-order valence-electron chi connectivity index (χ4n) is 3.27. The zero-order valence-corrected chi connectivity index (χ0v) is 11.4. The summed E-state index contributed by atoms with van der Waals surface area (Å²) in [5.74, 6) is 0.488. The highest BCUT2D eigenvalue weighted by molar-refractivity contribution is 5.72. The van der Waals surface area contributed by atoms with Crippen LogP contribution in [0.15, 0.2) is 0 Å². The molecule has 0 aromatic rings. The van der Waals surface area contributed by atoms with Gasteiger partial charge in [-0.15, -0.1) is 0 Å². The van der Waals surface area contributed by atoms with E-state index < -0.39 is 0 Å². The van der Waals surface area contributed by atoms with Crippen LogP contribution >= 0.6 is 0 Å². The largest absolute Gasteiger partial charge is 0.447 e. The highest BCUT2D eigenvalue weighted by atomic mass is 16.6. The van der Waals surface area contributed by atoms with Crippen molar-refractivity contribution in [1.29, 1.82) is 0 Å². The Kier molecular flexibility index (Phi) is 3.10. The van der Waals surface area contributed by atoms with Crippen molar-refractivity contribution in [3.05, 3.63) is 0 Å². The second-order valence-corrected chi connectivity index (χ2v) is 6.46. The van der Waals surface area contributed by atoms with Gasteiger partial charge in [0.25, 0.3) is 0 Å². The van der Waals surface area contributed by atoms with Gasteiger partial charge in [0, 0.05) is 12.1 Å². The van der Waals surface area contributed by atoms with Crippen LogP contribution in [-0.4, -0.2) is 41.8 Å². The summed E-state index contributed by atoms with van der Waals surface area (Å²) in [5.41, 5.74) is -0.345. The summed E-state index contributed by atoms with van der Waals surface area (Å²) < 4.78 is 5.32. The molecular weight excluding hydrogens is 216 g/mol. The third kappa shape index (κ3) is 2.15. The number of ether oxygens (including phenoxy) is 1. The van der Waals surface area contributed by atoms with Crippen LogP contribution in [0.25, 0.3) is 0 Å². The maximum atomic E-state index is 12.0. The van der Waals surface area contributed by atoms with Gasteiger partial charge in [-0.05, 0) is 53.0 Å². The highest BCUT2D eigenvalue weighted by Gasteiger charge is 2.52. The molecule has 1 N–H and O–H groups in total. The fourth-order valence-corrected chi connectivity index (χ4v) is 3.27. The van der Waals surface area contributed by atoms with Gasteiger partial charge in [0.2, 0.25) is 0 Å². The van der Waals surface area contributed by atoms with Gasteiger partial charge in [0.1, 0.15) is 6.61 Å². The van der Waals surface area contributed by atoms with E-state index in [9.17, 15) is 4.79 Å². The molecule has 2 atom stereocenters. The molecule has 2 rings (SSSR count). The minimum absolute atomic E-state index is 0.162. The lowest BCUT2D eigenvalue weighted by Gasteiger charge is -2.46. The molecule has 0 aromatic heterocycles. The number of carbonyl (C=O) groups is 1. The van der Waals surface area contributed by atoms with Crippen LogP contribution in [0.2, 0.25) is 0 Å². The molecular formula is C13H24N2O2. The summed E-state index contributed by atoms with van der Waals surface area (Å²) >= 11 is 0. The van der Waals surface area contributed by atoms with E-state index in [0.717, 1.165) is 13.1 Å². The first-order valence-electron chi connectivity index (χ1n) is 6.53. The molecule has 2 saturated heterocycles. The van der Waals surface area contributed by atoms with Gasteiger partial charge in [0.15, 0.2) is 0 Å². The van der Waals surface area contributed by atoms with Gasteiger partial charge in [-0.2, -0.15) is 0 Å². The van der Waals surface area contributed by atoms with Crippen LogP contribution in [0, 0.1) is 5.92 Å². The molecule has 2 fully saturated rings. The Labute approximate surface area is 104 Å². The minimum Gasteiger partial charge on any atom is -0.447 e. The molecule has 2 aliphatic rings. The zero-order chi connectivity index (χ0) is 12.7. The number of nitrogens with zero attached hydrogens (tertiary/aromatic N) is 1. The number of nitrogens with one attached hydrogen (secondary N) is 1. The molecule has 0 spiro atoms. The van der Waals surface area contributed by atoms with Crippen molar-refractivity contribution in [1.82, 2.24) is 10.2 Å². The van der Waals surface area contributed by atoms with Crippen molar-refractivity contribution in [2.45, 2.75) is 51.6 Å². The summed E-state index contributed by atoms with van der Waals surface area (Å²) in [5, 5.41) is 3.43. The van der Waals surface area contributed by atoms with Crippen molar-refractivity contribution in [2.75, 3.05) is 19.7 Å². The van der Waals surface area contributed by atoms with Crippen LogP contribution in [-0.2, 0) is 4.74 Å². The van der Waals surface area contributed by atoms with Gasteiger partial charge < -0.3 is 10.1 Å². The normalized spacial score (nSPS) is 34.9. The predicted molar refractivity (Wildman–Crippen MR) is 66.9 cm³/mol. The number of piperidine rings is 1. The Morgan fingerprint density at radius 3 is 2.71 bits per heavy atom. The quantitative estimate of drug-likeness (QED) is 0.762. The maximum absolute atomic E-state index is 12.0. The highest BCUT2D eigenvalue weighted by Crippen LogP contribution is 2.39. The second-order valence-electron chi connectivity index (χ2n) is 6.46. The lowest BCUT2D eigenvalue weighted by Crippen LogP contribution is -2.60. The van der Waals surface area contributed by atoms with Crippen molar-refractivity contribution < 1.29 is 9.53 Å². The van der Waals surface area contributed by atoms with Crippen LogP contribution in [0.1, 0.15) is 40.5 Å². The number of cyclic esters (lactones) is 1. The van der Waals surface area contributed by atoms with E-state index in [4.69, 9.17) is 4.74 Å². The standard InChI is InChI=1S/C13H24N2O2/c1-12(2,3)15-11(16)17-9-13(15,4)10-6-5-7-14-8-10/h10,14H,5-9H2,1-4H3. The van der Waals surface area contributed by atoms with E-state index >= 15 is 0 Å². The maximum Gasteiger partial charge on any atom is 0.410 e. The molecule has 0 aliphatic carbocycles. The average molecular weight is 240 g/mol. The van der Waals surface area contributed by atoms with Crippen LogP contribution in [0.4, 0.5) is 4.79 Å². The fraction of sp³-hybridized carbons (Fsp3) is 0.923. The van der Waals surface area contributed by atoms with E-state index in [1.165, 1.54) is 12.8 Å². The molecule has 98 valence electrons. The molecule has 0 radical (unpaired) electrons. The summed E-state index contributed by atoms with van der Waals surface area (Å²) in [6, 6.07) is 0. The Morgan fingerprint density at radius 2 is 2.18 bits per heavy atom. The Hall–Kier alpha value is -0.770. The van der Waals surface area contributed by atoms with Crippen LogP contribution in [0.3, 0.4) is 0 Å². The molecule has 0 saturated carbocycles. The van der Waals surface area contributed by atoms with E-state index in [-0.39, 0.29) is 17.2 Å². The van der Waals surface area contributed by atoms with Gasteiger partial charge in [0.05, 0.1) is 5.54 Å². The predicted octanol–water partition coefficient (Wildman–Crippen LogP) is 2.00. The number of hydrogen-bond donors (Lipinski definition) is 1. The first-order chi connectivity index (χ1) is 7.86. The monoisotopic (exact) mass is 240 g/mol. The lowest BCUT2D eigenvalue weighted by molar-refractivity contribution is 0.0387. The summed E-state index contributed by atoms with van der Waals surface area (Å²) in [6.07, 6.45) is 2.20. The molecule has 2 unspecified atom stereocenters. The van der Waals surface area contributed by atoms with Crippen molar-refractivity contribution in [2.24, 2.45) is 5.92 Å². The zero-order valence-electron chi connectivity index (χ0n) is 11.4. The Balaban J connectivity index is 2.24. The van der Waals surface area contributed by atoms with Gasteiger partial charge in [-0.25, -0.2) is 4.79 Å². The number of rotatable bonds is 1.